The van der Waals surface area contributed by atoms with Crippen molar-refractivity contribution in [3.05, 3.63) is 147 Å². The molecule has 0 fully saturated rings. The van der Waals surface area contributed by atoms with E-state index in [2.05, 4.69) is 130 Å². The van der Waals surface area contributed by atoms with Gasteiger partial charge >= 0.3 is 120 Å². The summed E-state index contributed by atoms with van der Waals surface area (Å²) in [5.74, 6) is 0.587. The Bertz CT molecular complexity index is 1820. The Morgan fingerprint density at radius 2 is 1.06 bits per heavy atom. The van der Waals surface area contributed by atoms with Gasteiger partial charge in [0.1, 0.15) is 0 Å². The van der Waals surface area contributed by atoms with Gasteiger partial charge in [-0.3, -0.25) is 6.08 Å². The predicted molar refractivity (Wildman–Crippen MR) is 214 cm³/mol. The summed E-state index contributed by atoms with van der Waals surface area (Å²) in [5, 5.41) is 7.02. The summed E-state index contributed by atoms with van der Waals surface area (Å²) in [7, 11) is 0. The first-order chi connectivity index (χ1) is 22.9. The molecule has 0 bridgehead atoms. The molecule has 0 spiro atoms. The number of fused-ring (bicyclic) bond motifs is 3. The second-order valence-electron chi connectivity index (χ2n) is 16.2. The molecule has 0 saturated carbocycles. The standard InChI is InChI=1S/C21H25.C13H8Cl2.C12H19.2ClH.Zr/c1-20(2,3)16-9-7-14-11-15-8-10-17(21(4,5)6)13-19(15)18(14)12-16;14-12-5-1-10(2-6-12)9-11-3-7-13(15)8-4-11;1-5-6-10-7-8-11(9-10)12(2,3)4;;;/h7-13H,1-6H3;1-8H;8-10H,5-6H2,1-4H3;2*1H;/q-1;;-1;;;+2/p-2. The summed E-state index contributed by atoms with van der Waals surface area (Å²) in [6, 6.07) is 32.0. The molecule has 0 heterocycles. The summed E-state index contributed by atoms with van der Waals surface area (Å²) in [6.07, 6.45) is 10.4. The van der Waals surface area contributed by atoms with Crippen molar-refractivity contribution in [2.75, 3.05) is 0 Å². The van der Waals surface area contributed by atoms with E-state index in [1.807, 2.05) is 48.5 Å². The Morgan fingerprint density at radius 3 is 1.39 bits per heavy atom. The van der Waals surface area contributed by atoms with E-state index in [0.717, 1.165) is 10.0 Å². The van der Waals surface area contributed by atoms with Crippen molar-refractivity contribution in [3.8, 4) is 0 Å². The zero-order valence-corrected chi connectivity index (χ0v) is 37.3. The molecular formula is C46H52Cl4Zr-2. The zero-order valence-electron chi connectivity index (χ0n) is 31.8. The van der Waals surface area contributed by atoms with E-state index in [1.54, 1.807) is 0 Å². The average molecular weight is 838 g/mol. The molecule has 5 heteroatoms. The predicted octanol–water partition coefficient (Wildman–Crippen LogP) is 8.17. The van der Waals surface area contributed by atoms with Crippen molar-refractivity contribution in [3.63, 3.8) is 0 Å². The number of hydrogen-bond donors (Lipinski definition) is 0. The smallest absolute Gasteiger partial charge is 1.00 e. The van der Waals surface area contributed by atoms with Crippen LogP contribution in [0.5, 0.6) is 0 Å². The Kier molecular flexibility index (Phi) is 16.8. The molecule has 0 saturated heterocycles. The minimum atomic E-state index is 0. The van der Waals surface area contributed by atoms with Gasteiger partial charge in [-0.15, -0.1) is 39.7 Å². The van der Waals surface area contributed by atoms with Crippen LogP contribution in [0.4, 0.5) is 0 Å². The molecule has 0 aliphatic heterocycles. The van der Waals surface area contributed by atoms with Crippen molar-refractivity contribution in [1.82, 2.24) is 0 Å². The number of halogens is 4. The summed E-state index contributed by atoms with van der Waals surface area (Å²) in [4.78, 5) is 0. The second kappa shape index (κ2) is 18.9. The Labute approximate surface area is 345 Å². The summed E-state index contributed by atoms with van der Waals surface area (Å²) >= 11 is 13.1. The molecule has 0 N–H and O–H groups in total. The van der Waals surface area contributed by atoms with E-state index in [-0.39, 0.29) is 35.6 Å². The van der Waals surface area contributed by atoms with Gasteiger partial charge in [0.05, 0.1) is 0 Å². The fraction of sp³-hybridized carbons (Fsp3) is 0.348. The minimum absolute atomic E-state index is 0. The quantitative estimate of drug-likeness (QED) is 0.161. The zero-order chi connectivity index (χ0) is 36.1. The van der Waals surface area contributed by atoms with Gasteiger partial charge in [0.2, 0.25) is 0 Å². The van der Waals surface area contributed by atoms with Crippen LogP contribution in [-0.4, -0.2) is 3.21 Å². The molecule has 0 aromatic heterocycles. The van der Waals surface area contributed by atoms with Crippen LogP contribution < -0.4 is 24.8 Å². The van der Waals surface area contributed by atoms with Gasteiger partial charge in [0.15, 0.2) is 0 Å². The van der Waals surface area contributed by atoms with E-state index in [1.165, 1.54) is 89.7 Å². The Morgan fingerprint density at radius 1 is 0.647 bits per heavy atom. The molecule has 51 heavy (non-hydrogen) atoms. The van der Waals surface area contributed by atoms with Crippen LogP contribution in [0.25, 0.3) is 21.5 Å². The second-order valence-corrected chi connectivity index (χ2v) is 18.3. The van der Waals surface area contributed by atoms with Gasteiger partial charge in [-0.2, -0.15) is 11.6 Å². The van der Waals surface area contributed by atoms with Crippen molar-refractivity contribution in [1.29, 1.82) is 0 Å². The van der Waals surface area contributed by atoms with Gasteiger partial charge in [0, 0.05) is 0 Å². The van der Waals surface area contributed by atoms with Gasteiger partial charge in [-0.25, -0.2) is 6.08 Å². The van der Waals surface area contributed by atoms with Crippen LogP contribution in [0, 0.1) is 17.4 Å². The monoisotopic (exact) mass is 834 g/mol. The van der Waals surface area contributed by atoms with E-state index in [9.17, 15) is 0 Å². The number of rotatable bonds is 4. The van der Waals surface area contributed by atoms with Crippen molar-refractivity contribution >= 4 is 48.0 Å². The van der Waals surface area contributed by atoms with Crippen LogP contribution in [0.1, 0.15) is 104 Å². The maximum Gasteiger partial charge on any atom is -1.00 e. The molecule has 1 unspecified atom stereocenters. The largest absolute Gasteiger partial charge is 1.00 e. The van der Waals surface area contributed by atoms with E-state index < -0.39 is 0 Å². The van der Waals surface area contributed by atoms with Crippen molar-refractivity contribution in [2.24, 2.45) is 11.3 Å². The topological polar surface area (TPSA) is 0 Å². The SMILES string of the molecule is CC(C)(C)c1ccc2[cH-]c3ccc(C(C)(C)C)cc3c2c1.CCCC1[C-]=CC(C(C)(C)C)=C1.Clc1ccc([C](=[Zr+2])c2ccc(Cl)cc2)cc1.[Cl-].[Cl-]. The first-order valence-corrected chi connectivity index (χ1v) is 19.4. The normalized spacial score (nSPS) is 14.1. The summed E-state index contributed by atoms with van der Waals surface area (Å²) in [6.45, 7) is 22.7. The van der Waals surface area contributed by atoms with Crippen LogP contribution >= 0.6 is 23.2 Å². The fourth-order valence-corrected chi connectivity index (χ4v) is 6.86. The third-order valence-electron chi connectivity index (χ3n) is 9.00. The molecule has 1 aliphatic rings. The molecule has 5 aromatic carbocycles. The van der Waals surface area contributed by atoms with Crippen molar-refractivity contribution in [2.45, 2.75) is 92.9 Å². The molecule has 0 nitrogen and oxygen atoms in total. The van der Waals surface area contributed by atoms with E-state index in [4.69, 9.17) is 23.2 Å². The third kappa shape index (κ3) is 12.6. The molecule has 0 radical (unpaired) electrons. The van der Waals surface area contributed by atoms with E-state index >= 15 is 0 Å². The van der Waals surface area contributed by atoms with Crippen molar-refractivity contribution < 1.29 is 49.0 Å². The first-order valence-electron chi connectivity index (χ1n) is 17.4. The number of hydrogen-bond acceptors (Lipinski definition) is 0. The molecule has 270 valence electrons. The molecule has 5 aromatic rings. The van der Waals surface area contributed by atoms with Gasteiger partial charge in [0.25, 0.3) is 0 Å². The minimum Gasteiger partial charge on any atom is -1.00 e. The summed E-state index contributed by atoms with van der Waals surface area (Å²) < 4.78 is 1.31. The van der Waals surface area contributed by atoms with Gasteiger partial charge < -0.3 is 24.8 Å². The molecule has 1 atom stereocenters. The fourth-order valence-electron chi connectivity index (χ4n) is 5.79. The van der Waals surface area contributed by atoms with Crippen LogP contribution in [-0.2, 0) is 35.1 Å². The van der Waals surface area contributed by atoms with Gasteiger partial charge in [-0.05, 0) is 10.8 Å². The molecule has 0 amide bonds. The number of benzene rings is 4. The van der Waals surface area contributed by atoms with Crippen LogP contribution in [0.3, 0.4) is 0 Å². The maximum atomic E-state index is 5.86. The maximum absolute atomic E-state index is 5.86. The third-order valence-corrected chi connectivity index (χ3v) is 10.9. The average Bonchev–Trinajstić information content (AvgIpc) is 3.66. The van der Waals surface area contributed by atoms with Crippen LogP contribution in [0.2, 0.25) is 10.0 Å². The van der Waals surface area contributed by atoms with Gasteiger partial charge in [-0.1, -0.05) is 129 Å². The molecular weight excluding hydrogens is 786 g/mol. The Balaban J connectivity index is 0.000000270. The first kappa shape index (κ1) is 45.3. The van der Waals surface area contributed by atoms with Crippen LogP contribution in [0.15, 0.2) is 109 Å². The Hall–Kier alpha value is -1.86. The number of allylic oxidation sites excluding steroid dienone is 4. The molecule has 1 aliphatic carbocycles. The van der Waals surface area contributed by atoms with E-state index in [0.29, 0.717) is 11.3 Å². The summed E-state index contributed by atoms with van der Waals surface area (Å²) in [5.41, 5.74) is 7.37. The molecule has 6 rings (SSSR count).